The van der Waals surface area contributed by atoms with E-state index in [1.807, 2.05) is 50.4 Å². The minimum Gasteiger partial charge on any atom is -0.489 e. The fraction of sp³-hybridized carbons (Fsp3) is 0.235. The minimum atomic E-state index is 0.138. The molecule has 0 bridgehead atoms. The van der Waals surface area contributed by atoms with Crippen LogP contribution in [0.1, 0.15) is 19.4 Å². The maximum Gasteiger partial charge on any atom is 0.142 e. The third-order valence-electron chi connectivity index (χ3n) is 3.35. The third-order valence-corrected chi connectivity index (χ3v) is 3.84. The summed E-state index contributed by atoms with van der Waals surface area (Å²) >= 11 is 3.51. The number of nitrogens with one attached hydrogen (secondary N) is 2. The molecule has 0 radical (unpaired) electrons. The van der Waals surface area contributed by atoms with E-state index in [2.05, 4.69) is 37.5 Å². The monoisotopic (exact) mass is 359 g/mol. The van der Waals surface area contributed by atoms with E-state index in [9.17, 15) is 0 Å². The van der Waals surface area contributed by atoms with Gasteiger partial charge in [-0.1, -0.05) is 28.1 Å². The van der Waals surface area contributed by atoms with Gasteiger partial charge in [-0.05, 0) is 43.7 Å². The molecule has 3 rings (SSSR count). The largest absolute Gasteiger partial charge is 0.489 e. The second kappa shape index (κ2) is 6.40. The van der Waals surface area contributed by atoms with Crippen molar-refractivity contribution in [3.05, 3.63) is 52.6 Å². The van der Waals surface area contributed by atoms with Crippen molar-refractivity contribution in [3.8, 4) is 5.75 Å². The first-order valence-electron chi connectivity index (χ1n) is 7.24. The van der Waals surface area contributed by atoms with Gasteiger partial charge in [0.15, 0.2) is 0 Å². The van der Waals surface area contributed by atoms with Gasteiger partial charge in [0, 0.05) is 16.4 Å². The van der Waals surface area contributed by atoms with E-state index in [0.29, 0.717) is 6.54 Å². The van der Waals surface area contributed by atoms with Gasteiger partial charge in [-0.25, -0.2) is 0 Å². The van der Waals surface area contributed by atoms with Gasteiger partial charge in [-0.15, -0.1) is 0 Å². The zero-order valence-corrected chi connectivity index (χ0v) is 14.1. The second-order valence-corrected chi connectivity index (χ2v) is 6.32. The van der Waals surface area contributed by atoms with Crippen molar-refractivity contribution in [2.45, 2.75) is 26.5 Å². The molecule has 0 unspecified atom stereocenters. The lowest BCUT2D eigenvalue weighted by Gasteiger charge is -2.16. The molecule has 0 aliphatic heterocycles. The quantitative estimate of drug-likeness (QED) is 0.692. The highest BCUT2D eigenvalue weighted by molar-refractivity contribution is 9.10. The fourth-order valence-electron chi connectivity index (χ4n) is 2.37. The van der Waals surface area contributed by atoms with Crippen LogP contribution in [0.5, 0.6) is 5.75 Å². The molecule has 0 saturated carbocycles. The van der Waals surface area contributed by atoms with Gasteiger partial charge in [0.2, 0.25) is 0 Å². The Bertz CT molecular complexity index is 782. The highest BCUT2D eigenvalue weighted by Crippen LogP contribution is 2.30. The van der Waals surface area contributed by atoms with Crippen molar-refractivity contribution in [1.29, 1.82) is 0 Å². The molecule has 22 heavy (non-hydrogen) atoms. The molecular formula is C17H18BrN3O. The van der Waals surface area contributed by atoms with Gasteiger partial charge in [0.1, 0.15) is 5.75 Å². The molecule has 114 valence electrons. The number of rotatable bonds is 5. The lowest BCUT2D eigenvalue weighted by molar-refractivity contribution is 0.243. The van der Waals surface area contributed by atoms with Crippen LogP contribution < -0.4 is 10.1 Å². The van der Waals surface area contributed by atoms with Crippen LogP contribution in [-0.2, 0) is 6.54 Å². The first-order chi connectivity index (χ1) is 10.6. The number of ether oxygens (including phenoxy) is 1. The summed E-state index contributed by atoms with van der Waals surface area (Å²) in [7, 11) is 0. The zero-order valence-electron chi connectivity index (χ0n) is 12.6. The number of H-pyrrole nitrogens is 1. The third kappa shape index (κ3) is 3.25. The number of halogens is 1. The number of aromatic nitrogens is 2. The van der Waals surface area contributed by atoms with Crippen LogP contribution in [0.25, 0.3) is 10.9 Å². The number of nitrogens with zero attached hydrogens (tertiary/aromatic N) is 1. The molecule has 4 nitrogen and oxygen atoms in total. The number of anilines is 1. The first kappa shape index (κ1) is 14.9. The van der Waals surface area contributed by atoms with E-state index < -0.39 is 0 Å². The van der Waals surface area contributed by atoms with Crippen molar-refractivity contribution >= 4 is 32.5 Å². The summed E-state index contributed by atoms with van der Waals surface area (Å²) in [5, 5.41) is 11.7. The van der Waals surface area contributed by atoms with Crippen molar-refractivity contribution in [1.82, 2.24) is 10.2 Å². The van der Waals surface area contributed by atoms with Crippen LogP contribution >= 0.6 is 15.9 Å². The smallest absolute Gasteiger partial charge is 0.142 e. The van der Waals surface area contributed by atoms with Gasteiger partial charge in [-0.2, -0.15) is 5.10 Å². The van der Waals surface area contributed by atoms with E-state index in [0.717, 1.165) is 26.8 Å². The number of aromatic amines is 1. The van der Waals surface area contributed by atoms with E-state index in [1.54, 1.807) is 0 Å². The Kier molecular flexibility index (Phi) is 4.34. The molecule has 1 aromatic heterocycles. The molecule has 0 saturated heterocycles. The molecule has 1 heterocycles. The number of benzene rings is 2. The molecule has 2 aromatic carbocycles. The molecular weight excluding hydrogens is 342 g/mol. The number of fused-ring (bicyclic) bond motifs is 1. The van der Waals surface area contributed by atoms with Crippen molar-refractivity contribution in [2.24, 2.45) is 0 Å². The second-order valence-electron chi connectivity index (χ2n) is 5.41. The van der Waals surface area contributed by atoms with Gasteiger partial charge < -0.3 is 10.1 Å². The van der Waals surface area contributed by atoms with Crippen LogP contribution in [0, 0.1) is 0 Å². The Morgan fingerprint density at radius 3 is 2.95 bits per heavy atom. The van der Waals surface area contributed by atoms with Crippen molar-refractivity contribution in [3.63, 3.8) is 0 Å². The maximum absolute atomic E-state index is 5.86. The van der Waals surface area contributed by atoms with Gasteiger partial charge in [0.05, 0.1) is 23.5 Å². The molecule has 0 aliphatic rings. The molecule has 0 amide bonds. The van der Waals surface area contributed by atoms with E-state index in [4.69, 9.17) is 4.74 Å². The lowest BCUT2D eigenvalue weighted by atomic mass is 10.1. The summed E-state index contributed by atoms with van der Waals surface area (Å²) in [4.78, 5) is 0. The van der Waals surface area contributed by atoms with E-state index in [-0.39, 0.29) is 6.10 Å². The van der Waals surface area contributed by atoms with Gasteiger partial charge in [-0.3, -0.25) is 5.10 Å². The molecule has 0 fully saturated rings. The van der Waals surface area contributed by atoms with Crippen LogP contribution in [0.2, 0.25) is 0 Å². The highest BCUT2D eigenvalue weighted by atomic mass is 79.9. The normalized spacial score (nSPS) is 11.1. The molecule has 0 atom stereocenters. The van der Waals surface area contributed by atoms with Crippen molar-refractivity contribution in [2.75, 3.05) is 5.32 Å². The summed E-state index contributed by atoms with van der Waals surface area (Å²) in [6.07, 6.45) is 2.00. The molecule has 5 heteroatoms. The highest BCUT2D eigenvalue weighted by Gasteiger charge is 2.08. The summed E-state index contributed by atoms with van der Waals surface area (Å²) in [5.74, 6) is 0.859. The standard InChI is InChI=1S/C17H18BrN3O/c1-11(2)22-17-7-6-13(18)8-16(17)19-9-12-4-3-5-15-14(12)10-20-21-15/h3-8,10-11,19H,9H2,1-2H3,(H,20,21). The average molecular weight is 360 g/mol. The first-order valence-corrected chi connectivity index (χ1v) is 8.04. The van der Waals surface area contributed by atoms with Gasteiger partial charge in [0.25, 0.3) is 0 Å². The number of hydrogen-bond donors (Lipinski definition) is 2. The Morgan fingerprint density at radius 2 is 2.14 bits per heavy atom. The Hall–Kier alpha value is -2.01. The SMILES string of the molecule is CC(C)Oc1ccc(Br)cc1NCc1cccc2[nH]ncc12. The predicted molar refractivity (Wildman–Crippen MR) is 93.3 cm³/mol. The topological polar surface area (TPSA) is 49.9 Å². The van der Waals surface area contributed by atoms with E-state index in [1.165, 1.54) is 5.56 Å². The number of hydrogen-bond acceptors (Lipinski definition) is 3. The zero-order chi connectivity index (χ0) is 15.5. The molecule has 3 aromatic rings. The van der Waals surface area contributed by atoms with Crippen LogP contribution in [-0.4, -0.2) is 16.3 Å². The Labute approximate surface area is 138 Å². The Morgan fingerprint density at radius 1 is 1.27 bits per heavy atom. The van der Waals surface area contributed by atoms with Crippen LogP contribution in [0.15, 0.2) is 47.1 Å². The van der Waals surface area contributed by atoms with Crippen LogP contribution in [0.4, 0.5) is 5.69 Å². The van der Waals surface area contributed by atoms with Gasteiger partial charge >= 0.3 is 0 Å². The fourth-order valence-corrected chi connectivity index (χ4v) is 2.73. The average Bonchev–Trinajstić information content (AvgIpc) is 2.96. The molecule has 0 spiro atoms. The predicted octanol–water partition coefficient (Wildman–Crippen LogP) is 4.72. The molecule has 0 aliphatic carbocycles. The summed E-state index contributed by atoms with van der Waals surface area (Å²) in [6, 6.07) is 12.2. The molecule has 2 N–H and O–H groups in total. The van der Waals surface area contributed by atoms with E-state index >= 15 is 0 Å². The van der Waals surface area contributed by atoms with Crippen molar-refractivity contribution < 1.29 is 4.74 Å². The maximum atomic E-state index is 5.86. The van der Waals surface area contributed by atoms with Crippen LogP contribution in [0.3, 0.4) is 0 Å². The summed E-state index contributed by atoms with van der Waals surface area (Å²) < 4.78 is 6.88. The summed E-state index contributed by atoms with van der Waals surface area (Å²) in [6.45, 7) is 4.76. The summed E-state index contributed by atoms with van der Waals surface area (Å²) in [5.41, 5.74) is 3.22. The Balaban J connectivity index is 1.84. The lowest BCUT2D eigenvalue weighted by Crippen LogP contribution is -2.08. The minimum absolute atomic E-state index is 0.138.